The van der Waals surface area contributed by atoms with E-state index in [1.54, 1.807) is 17.9 Å². The third-order valence-corrected chi connectivity index (χ3v) is 12.5. The van der Waals surface area contributed by atoms with E-state index in [1.165, 1.54) is 62.8 Å². The highest BCUT2D eigenvalue weighted by Crippen LogP contribution is 2.82. The molecule has 5 fully saturated rings. The first-order valence-electron chi connectivity index (χ1n) is 12.7. The van der Waals surface area contributed by atoms with Crippen LogP contribution in [0.15, 0.2) is 6.33 Å². The third kappa shape index (κ3) is 2.47. The Kier molecular flexibility index (Phi) is 4.54. The van der Waals surface area contributed by atoms with E-state index in [0.717, 1.165) is 41.9 Å². The van der Waals surface area contributed by atoms with Crippen molar-refractivity contribution < 1.29 is 4.74 Å². The van der Waals surface area contributed by atoms with Crippen molar-refractivity contribution in [2.45, 2.75) is 91.1 Å². The maximum atomic E-state index is 6.29. The van der Waals surface area contributed by atoms with Gasteiger partial charge in [0.25, 0.3) is 0 Å². The van der Waals surface area contributed by atoms with E-state index in [-0.39, 0.29) is 0 Å². The van der Waals surface area contributed by atoms with E-state index >= 15 is 0 Å². The zero-order valence-corrected chi connectivity index (χ0v) is 20.2. The van der Waals surface area contributed by atoms with Gasteiger partial charge < -0.3 is 4.74 Å². The van der Waals surface area contributed by atoms with Crippen LogP contribution in [0.2, 0.25) is 0 Å². The molecule has 4 heteroatoms. The van der Waals surface area contributed by atoms with Gasteiger partial charge in [0.05, 0.1) is 6.10 Å². The van der Waals surface area contributed by atoms with E-state index in [2.05, 4.69) is 30.1 Å². The normalized spacial score (nSPS) is 52.3. The second-order valence-electron chi connectivity index (χ2n) is 12.3. The summed E-state index contributed by atoms with van der Waals surface area (Å²) in [4.78, 5) is 4.43. The molecule has 1 spiro atoms. The van der Waals surface area contributed by atoms with E-state index in [1.807, 2.05) is 7.11 Å². The summed E-state index contributed by atoms with van der Waals surface area (Å²) in [5.74, 6) is 5.46. The van der Waals surface area contributed by atoms with Crippen LogP contribution >= 0.6 is 11.5 Å². The van der Waals surface area contributed by atoms with E-state index < -0.39 is 0 Å². The van der Waals surface area contributed by atoms with Crippen LogP contribution in [-0.4, -0.2) is 22.6 Å². The number of hydrogen-bond acceptors (Lipinski definition) is 4. The van der Waals surface area contributed by atoms with Gasteiger partial charge in [0, 0.05) is 18.9 Å². The molecule has 10 atom stereocenters. The molecule has 0 aromatic carbocycles. The van der Waals surface area contributed by atoms with Crippen LogP contribution in [0.4, 0.5) is 0 Å². The largest absolute Gasteiger partial charge is 0.381 e. The number of aromatic nitrogens is 2. The van der Waals surface area contributed by atoms with Crippen molar-refractivity contribution in [2.24, 2.45) is 51.8 Å². The molecule has 0 amide bonds. The molecule has 166 valence electrons. The van der Waals surface area contributed by atoms with Gasteiger partial charge in [-0.1, -0.05) is 20.8 Å². The minimum Gasteiger partial charge on any atom is -0.381 e. The summed E-state index contributed by atoms with van der Waals surface area (Å²) < 4.78 is 10.5. The van der Waals surface area contributed by atoms with Crippen LogP contribution in [0, 0.1) is 51.8 Å². The quantitative estimate of drug-likeness (QED) is 0.545. The number of rotatable bonds is 5. The standard InChI is InChI=1S/C26H40N2OS/c1-16(5-8-23-27-15-28-30-23)19-6-7-20-18-13-22(29-4)26-14-17(26)9-12-25(26,3)21(18)10-11-24(19,20)2/h15-22H,5-14H2,1-4H3/t16-,17-,18+,19-,20+,21+,22?,24-,25-,26?/m1/s1. The monoisotopic (exact) mass is 428 g/mol. The highest BCUT2D eigenvalue weighted by Gasteiger charge is 2.77. The smallest absolute Gasteiger partial charge is 0.129 e. The Labute approximate surface area is 186 Å². The maximum absolute atomic E-state index is 6.29. The second kappa shape index (κ2) is 6.76. The SMILES string of the molecule is COC1C[C@H]2[C@@H]3CC[C@H]([C@H](C)CCc4ncns4)[C@@]3(C)CC[C@@H]2[C@@]2(C)CC[C@@H]3CC132. The Morgan fingerprint density at radius 1 is 1.17 bits per heavy atom. The maximum Gasteiger partial charge on any atom is 0.129 e. The molecule has 1 heterocycles. The lowest BCUT2D eigenvalue weighted by Crippen LogP contribution is -2.57. The Bertz CT molecular complexity index is 797. The average Bonchev–Trinajstić information content (AvgIpc) is 3.05. The van der Waals surface area contributed by atoms with Gasteiger partial charge in [0.15, 0.2) is 0 Å². The Hall–Kier alpha value is -0.480. The van der Waals surface area contributed by atoms with Gasteiger partial charge >= 0.3 is 0 Å². The number of hydrogen-bond donors (Lipinski definition) is 0. The summed E-state index contributed by atoms with van der Waals surface area (Å²) >= 11 is 1.58. The van der Waals surface area contributed by atoms with Crippen molar-refractivity contribution in [3.05, 3.63) is 11.3 Å². The summed E-state index contributed by atoms with van der Waals surface area (Å²) in [6, 6.07) is 0. The van der Waals surface area contributed by atoms with Gasteiger partial charge in [-0.25, -0.2) is 4.98 Å². The van der Waals surface area contributed by atoms with Gasteiger partial charge in [-0.2, -0.15) is 4.37 Å². The Morgan fingerprint density at radius 2 is 2.03 bits per heavy atom. The summed E-state index contributed by atoms with van der Waals surface area (Å²) in [6.07, 6.45) is 16.3. The molecule has 30 heavy (non-hydrogen) atoms. The van der Waals surface area contributed by atoms with E-state index in [4.69, 9.17) is 4.74 Å². The van der Waals surface area contributed by atoms with Crippen molar-refractivity contribution in [1.29, 1.82) is 0 Å². The summed E-state index contributed by atoms with van der Waals surface area (Å²) in [6.45, 7) is 7.92. The molecule has 0 aliphatic heterocycles. The molecular formula is C26H40N2OS. The lowest BCUT2D eigenvalue weighted by Gasteiger charge is -2.61. The molecule has 0 bridgehead atoms. The topological polar surface area (TPSA) is 35.0 Å². The van der Waals surface area contributed by atoms with Crippen molar-refractivity contribution in [3.8, 4) is 0 Å². The van der Waals surface area contributed by atoms with Crippen molar-refractivity contribution >= 4 is 11.5 Å². The highest BCUT2D eigenvalue weighted by molar-refractivity contribution is 7.05. The number of nitrogens with zero attached hydrogens (tertiary/aromatic N) is 2. The average molecular weight is 429 g/mol. The van der Waals surface area contributed by atoms with Crippen LogP contribution in [0.1, 0.15) is 83.6 Å². The van der Waals surface area contributed by atoms with Crippen molar-refractivity contribution in [1.82, 2.24) is 9.36 Å². The van der Waals surface area contributed by atoms with Crippen molar-refractivity contribution in [3.63, 3.8) is 0 Å². The molecule has 6 rings (SSSR count). The molecular weight excluding hydrogens is 388 g/mol. The van der Waals surface area contributed by atoms with Crippen LogP contribution in [-0.2, 0) is 11.2 Å². The predicted molar refractivity (Wildman–Crippen MR) is 121 cm³/mol. The summed E-state index contributed by atoms with van der Waals surface area (Å²) in [5, 5.41) is 1.22. The van der Waals surface area contributed by atoms with Gasteiger partial charge in [-0.3, -0.25) is 0 Å². The highest BCUT2D eigenvalue weighted by atomic mass is 32.1. The van der Waals surface area contributed by atoms with Gasteiger partial charge in [0.2, 0.25) is 0 Å². The van der Waals surface area contributed by atoms with Gasteiger partial charge in [-0.15, -0.1) is 0 Å². The molecule has 5 saturated carbocycles. The van der Waals surface area contributed by atoms with Crippen molar-refractivity contribution in [2.75, 3.05) is 7.11 Å². The zero-order valence-electron chi connectivity index (χ0n) is 19.4. The fourth-order valence-corrected chi connectivity index (χ4v) is 10.9. The Morgan fingerprint density at radius 3 is 2.77 bits per heavy atom. The number of ether oxygens (including phenoxy) is 1. The molecule has 1 aromatic rings. The van der Waals surface area contributed by atoms with E-state index in [9.17, 15) is 0 Å². The third-order valence-electron chi connectivity index (χ3n) is 11.8. The molecule has 0 saturated heterocycles. The predicted octanol–water partition coefficient (Wildman–Crippen LogP) is 6.39. The zero-order chi connectivity index (χ0) is 20.7. The Balaban J connectivity index is 1.23. The molecule has 3 nitrogen and oxygen atoms in total. The lowest BCUT2D eigenvalue weighted by atomic mass is 9.45. The first-order valence-corrected chi connectivity index (χ1v) is 13.5. The molecule has 2 unspecified atom stereocenters. The molecule has 0 N–H and O–H groups in total. The second-order valence-corrected chi connectivity index (χ2v) is 13.2. The van der Waals surface area contributed by atoms with E-state index in [0.29, 0.717) is 22.3 Å². The van der Waals surface area contributed by atoms with Crippen LogP contribution in [0.3, 0.4) is 0 Å². The first kappa shape index (κ1) is 20.1. The lowest BCUT2D eigenvalue weighted by molar-refractivity contribution is -0.161. The molecule has 0 radical (unpaired) electrons. The number of methoxy groups -OCH3 is 1. The van der Waals surface area contributed by atoms with Gasteiger partial charge in [-0.05, 0) is 116 Å². The van der Waals surface area contributed by atoms with Gasteiger partial charge in [0.1, 0.15) is 11.3 Å². The van der Waals surface area contributed by atoms with Crippen LogP contribution in [0.25, 0.3) is 0 Å². The molecule has 5 aliphatic carbocycles. The minimum absolute atomic E-state index is 0.535. The summed E-state index contributed by atoms with van der Waals surface area (Å²) in [5.41, 5.74) is 1.66. The minimum atomic E-state index is 0.535. The fourth-order valence-electron chi connectivity index (χ4n) is 10.4. The fraction of sp³-hybridized carbons (Fsp3) is 0.923. The first-order chi connectivity index (χ1) is 14.4. The summed E-state index contributed by atoms with van der Waals surface area (Å²) in [7, 11) is 2.02. The number of aryl methyl sites for hydroxylation is 1. The molecule has 5 aliphatic rings. The molecule has 1 aromatic heterocycles. The van der Waals surface area contributed by atoms with Crippen LogP contribution < -0.4 is 0 Å². The number of fused-ring (bicyclic) bond motifs is 4. The van der Waals surface area contributed by atoms with Crippen LogP contribution in [0.5, 0.6) is 0 Å².